The van der Waals surface area contributed by atoms with E-state index in [1.807, 2.05) is 29.2 Å². The van der Waals surface area contributed by atoms with E-state index >= 15 is 0 Å². The highest BCUT2D eigenvalue weighted by molar-refractivity contribution is 5.92. The number of nitrogens with zero attached hydrogens (tertiary/aromatic N) is 5. The topological polar surface area (TPSA) is 110 Å². The van der Waals surface area contributed by atoms with E-state index in [0.717, 1.165) is 67.3 Å². The first-order valence-electron chi connectivity index (χ1n) is 13.2. The van der Waals surface area contributed by atoms with E-state index < -0.39 is 0 Å². The summed E-state index contributed by atoms with van der Waals surface area (Å²) in [6, 6.07) is 7.69. The molecule has 0 saturated heterocycles. The van der Waals surface area contributed by atoms with Gasteiger partial charge in [-0.3, -0.25) is 4.90 Å². The van der Waals surface area contributed by atoms with Crippen LogP contribution in [0, 0.1) is 5.41 Å². The monoisotopic (exact) mass is 492 g/mol. The van der Waals surface area contributed by atoms with Crippen LogP contribution in [0.1, 0.15) is 95.1 Å². The summed E-state index contributed by atoms with van der Waals surface area (Å²) in [7, 11) is 0. The van der Waals surface area contributed by atoms with Crippen LogP contribution >= 0.6 is 0 Å². The van der Waals surface area contributed by atoms with E-state index in [4.69, 9.17) is 9.05 Å². The second-order valence-electron chi connectivity index (χ2n) is 11.3. The van der Waals surface area contributed by atoms with E-state index in [0.29, 0.717) is 30.8 Å². The summed E-state index contributed by atoms with van der Waals surface area (Å²) in [5.74, 6) is 3.79. The molecule has 36 heavy (non-hydrogen) atoms. The molecule has 9 heteroatoms. The molecule has 0 unspecified atom stereocenters. The Bertz CT molecular complexity index is 1170. The van der Waals surface area contributed by atoms with Crippen LogP contribution < -0.4 is 10.2 Å². The van der Waals surface area contributed by atoms with Gasteiger partial charge >= 0.3 is 6.03 Å². The van der Waals surface area contributed by atoms with Gasteiger partial charge in [0, 0.05) is 42.6 Å². The fourth-order valence-corrected chi connectivity index (χ4v) is 4.05. The lowest BCUT2D eigenvalue weighted by Gasteiger charge is -2.26. The molecular weight excluding hydrogens is 456 g/mol. The number of anilines is 1. The van der Waals surface area contributed by atoms with Crippen molar-refractivity contribution in [3.05, 3.63) is 41.8 Å². The quantitative estimate of drug-likeness (QED) is 0.334. The van der Waals surface area contributed by atoms with Crippen molar-refractivity contribution in [1.82, 2.24) is 25.6 Å². The van der Waals surface area contributed by atoms with Crippen molar-refractivity contribution in [2.24, 2.45) is 5.41 Å². The van der Waals surface area contributed by atoms with Gasteiger partial charge in [-0.1, -0.05) is 43.6 Å². The third-order valence-electron chi connectivity index (χ3n) is 6.50. The molecule has 2 fully saturated rings. The second-order valence-corrected chi connectivity index (χ2v) is 11.3. The largest absolute Gasteiger partial charge is 0.339 e. The average Bonchev–Trinajstić information content (AvgIpc) is 3.79. The molecule has 1 N–H and O–H groups in total. The number of amides is 2. The molecule has 2 amide bonds. The summed E-state index contributed by atoms with van der Waals surface area (Å²) >= 11 is 0. The molecule has 0 spiro atoms. The molecule has 0 atom stereocenters. The molecule has 2 heterocycles. The summed E-state index contributed by atoms with van der Waals surface area (Å²) in [6.07, 6.45) is 8.11. The number of rotatable bonds is 11. The Balaban J connectivity index is 1.21. The van der Waals surface area contributed by atoms with Crippen LogP contribution in [0.3, 0.4) is 0 Å². The lowest BCUT2D eigenvalue weighted by molar-refractivity contribution is 0.241. The number of unbranched alkanes of at least 4 members (excludes halogenated alkanes) is 2. The van der Waals surface area contributed by atoms with Crippen LogP contribution in [0.15, 0.2) is 33.3 Å². The van der Waals surface area contributed by atoms with Crippen LogP contribution in [-0.4, -0.2) is 39.4 Å². The summed E-state index contributed by atoms with van der Waals surface area (Å²) in [4.78, 5) is 24.1. The van der Waals surface area contributed by atoms with Crippen molar-refractivity contribution < 1.29 is 13.8 Å². The molecule has 3 aromatic rings. The number of aryl methyl sites for hydroxylation is 1. The Labute approximate surface area is 212 Å². The Morgan fingerprint density at radius 3 is 2.44 bits per heavy atom. The third kappa shape index (κ3) is 6.50. The van der Waals surface area contributed by atoms with E-state index in [9.17, 15) is 4.79 Å². The lowest BCUT2D eigenvalue weighted by atomic mass is 9.97. The minimum Gasteiger partial charge on any atom is -0.339 e. The number of nitrogens with one attached hydrogen (secondary N) is 1. The molecule has 1 aromatic carbocycles. The first-order valence-corrected chi connectivity index (χ1v) is 13.2. The zero-order valence-electron chi connectivity index (χ0n) is 21.5. The maximum Gasteiger partial charge on any atom is 0.321 e. The first-order chi connectivity index (χ1) is 17.4. The number of benzene rings is 1. The van der Waals surface area contributed by atoms with Gasteiger partial charge in [-0.15, -0.1) is 0 Å². The van der Waals surface area contributed by atoms with Crippen LogP contribution in [0.5, 0.6) is 0 Å². The zero-order valence-corrected chi connectivity index (χ0v) is 21.5. The summed E-state index contributed by atoms with van der Waals surface area (Å²) in [6.45, 7) is 7.52. The van der Waals surface area contributed by atoms with Crippen LogP contribution in [0.25, 0.3) is 11.5 Å². The second kappa shape index (κ2) is 10.4. The van der Waals surface area contributed by atoms with Crippen LogP contribution in [-0.2, 0) is 6.42 Å². The summed E-state index contributed by atoms with van der Waals surface area (Å²) in [5, 5.41) is 11.3. The molecule has 0 bridgehead atoms. The maximum atomic E-state index is 13.2. The first kappa shape index (κ1) is 24.5. The number of carbonyl (C=O) groups excluding carboxylic acids is 1. The fraction of sp³-hybridized carbons (Fsp3) is 0.593. The SMILES string of the molecule is CC(C)(C)CNC(=O)N(CCCCCc1nc(C2CC2)no1)c1cccc(-c2nc(C3CC3)no2)c1. The van der Waals surface area contributed by atoms with E-state index in [2.05, 4.69) is 46.4 Å². The molecular formula is C27H36N6O3. The van der Waals surface area contributed by atoms with Gasteiger partial charge in [0.05, 0.1) is 0 Å². The summed E-state index contributed by atoms with van der Waals surface area (Å²) in [5.41, 5.74) is 1.63. The van der Waals surface area contributed by atoms with Crippen molar-refractivity contribution >= 4 is 11.7 Å². The molecule has 2 aromatic heterocycles. The van der Waals surface area contributed by atoms with E-state index in [-0.39, 0.29) is 11.4 Å². The molecule has 2 aliphatic carbocycles. The van der Waals surface area contributed by atoms with Crippen molar-refractivity contribution in [1.29, 1.82) is 0 Å². The predicted octanol–water partition coefficient (Wildman–Crippen LogP) is 5.85. The highest BCUT2D eigenvalue weighted by Gasteiger charge is 2.30. The highest BCUT2D eigenvalue weighted by Crippen LogP contribution is 2.39. The normalized spacial score (nSPS) is 15.8. The zero-order chi connectivity index (χ0) is 25.1. The van der Waals surface area contributed by atoms with Crippen molar-refractivity contribution in [3.8, 4) is 11.5 Å². The van der Waals surface area contributed by atoms with E-state index in [1.165, 1.54) is 12.8 Å². The van der Waals surface area contributed by atoms with Crippen LogP contribution in [0.4, 0.5) is 10.5 Å². The summed E-state index contributed by atoms with van der Waals surface area (Å²) < 4.78 is 10.9. The lowest BCUT2D eigenvalue weighted by Crippen LogP contribution is -2.43. The standard InChI is InChI=1S/C27H36N6O3/c1-27(2,3)17-28-26(34)33(15-6-4-5-10-22-29-23(31-35-22)18-11-12-18)21-9-7-8-20(16-21)25-30-24(32-36-25)19-13-14-19/h7-9,16,18-19H,4-6,10-15,17H2,1-3H3,(H,28,34). The van der Waals surface area contributed by atoms with Crippen molar-refractivity contribution in [2.75, 3.05) is 18.0 Å². The van der Waals surface area contributed by atoms with Gasteiger partial charge in [0.1, 0.15) is 0 Å². The smallest absolute Gasteiger partial charge is 0.321 e. The molecule has 5 rings (SSSR count). The number of urea groups is 1. The molecule has 0 aliphatic heterocycles. The Morgan fingerprint density at radius 1 is 1.00 bits per heavy atom. The maximum absolute atomic E-state index is 13.2. The number of hydrogen-bond donors (Lipinski definition) is 1. The average molecular weight is 493 g/mol. The van der Waals surface area contributed by atoms with Gasteiger partial charge < -0.3 is 14.4 Å². The van der Waals surface area contributed by atoms with Crippen LogP contribution in [0.2, 0.25) is 0 Å². The molecule has 2 aliphatic rings. The predicted molar refractivity (Wildman–Crippen MR) is 136 cm³/mol. The number of hydrogen-bond acceptors (Lipinski definition) is 7. The Hall–Kier alpha value is -3.23. The van der Waals surface area contributed by atoms with Gasteiger partial charge in [-0.05, 0) is 62.1 Å². The molecule has 0 radical (unpaired) electrons. The van der Waals surface area contributed by atoms with Gasteiger partial charge in [0.15, 0.2) is 11.6 Å². The van der Waals surface area contributed by atoms with Gasteiger partial charge in [0.25, 0.3) is 5.89 Å². The fourth-order valence-electron chi connectivity index (χ4n) is 4.05. The van der Waals surface area contributed by atoms with Gasteiger partial charge in [-0.2, -0.15) is 9.97 Å². The molecule has 9 nitrogen and oxygen atoms in total. The minimum atomic E-state index is -0.0998. The Kier molecular flexibility index (Phi) is 7.07. The number of aromatic nitrogens is 4. The number of carbonyl (C=O) groups is 1. The Morgan fingerprint density at radius 2 is 1.72 bits per heavy atom. The third-order valence-corrected chi connectivity index (χ3v) is 6.50. The van der Waals surface area contributed by atoms with Crippen molar-refractivity contribution in [3.63, 3.8) is 0 Å². The molecule has 2 saturated carbocycles. The van der Waals surface area contributed by atoms with Crippen molar-refractivity contribution in [2.45, 2.75) is 84.0 Å². The molecule has 192 valence electrons. The van der Waals surface area contributed by atoms with E-state index in [1.54, 1.807) is 0 Å². The van der Waals surface area contributed by atoms with Gasteiger partial charge in [0.2, 0.25) is 5.89 Å². The minimum absolute atomic E-state index is 0.00442. The highest BCUT2D eigenvalue weighted by atomic mass is 16.5. The van der Waals surface area contributed by atoms with Gasteiger partial charge in [-0.25, -0.2) is 4.79 Å².